The number of fused-ring (bicyclic) bond motifs is 3. The largest absolute Gasteiger partial charge is 0.483 e. The van der Waals surface area contributed by atoms with Gasteiger partial charge in [-0.25, -0.2) is 9.18 Å². The number of carbonyl (C=O) groups excluding carboxylic acids is 1. The Morgan fingerprint density at radius 2 is 2.04 bits per heavy atom. The van der Waals surface area contributed by atoms with E-state index in [1.54, 1.807) is 6.07 Å². The molecule has 0 aliphatic heterocycles. The lowest BCUT2D eigenvalue weighted by molar-refractivity contribution is -0.118. The van der Waals surface area contributed by atoms with Gasteiger partial charge in [0.25, 0.3) is 5.91 Å². The predicted molar refractivity (Wildman–Crippen MR) is 105 cm³/mol. The summed E-state index contributed by atoms with van der Waals surface area (Å²) in [6, 6.07) is 7.33. The number of carbonyl (C=O) groups is 1. The van der Waals surface area contributed by atoms with Gasteiger partial charge >= 0.3 is 5.63 Å². The number of aryl methyl sites for hydroxylation is 2. The molecule has 28 heavy (non-hydrogen) atoms. The van der Waals surface area contributed by atoms with Gasteiger partial charge in [0, 0.05) is 5.56 Å². The summed E-state index contributed by atoms with van der Waals surface area (Å²) < 4.78 is 24.4. The second-order valence-corrected chi connectivity index (χ2v) is 7.20. The Kier molecular flexibility index (Phi) is 4.81. The fourth-order valence-corrected chi connectivity index (χ4v) is 3.75. The third kappa shape index (κ3) is 3.47. The first kappa shape index (κ1) is 18.5. The SMILES string of the molecule is Cc1cc(OCC(=O)Nc2ccc(F)cc2Cl)c2c3c(c(=O)oc2c1)CCC3. The van der Waals surface area contributed by atoms with Crippen molar-refractivity contribution in [2.24, 2.45) is 0 Å². The van der Waals surface area contributed by atoms with Crippen molar-refractivity contribution in [1.82, 2.24) is 0 Å². The zero-order valence-corrected chi connectivity index (χ0v) is 15.9. The second kappa shape index (κ2) is 7.28. The average molecular weight is 402 g/mol. The van der Waals surface area contributed by atoms with Crippen LogP contribution in [0.1, 0.15) is 23.1 Å². The zero-order chi connectivity index (χ0) is 19.8. The first-order chi connectivity index (χ1) is 13.4. The molecule has 4 rings (SSSR count). The van der Waals surface area contributed by atoms with Crippen LogP contribution in [-0.4, -0.2) is 12.5 Å². The molecule has 1 amide bonds. The predicted octanol–water partition coefficient (Wildman–Crippen LogP) is 4.40. The first-order valence-electron chi connectivity index (χ1n) is 8.89. The molecular formula is C21H17ClFNO4. The smallest absolute Gasteiger partial charge is 0.339 e. The highest BCUT2D eigenvalue weighted by atomic mass is 35.5. The molecule has 3 aromatic rings. The summed E-state index contributed by atoms with van der Waals surface area (Å²) in [7, 11) is 0. The van der Waals surface area contributed by atoms with E-state index in [1.807, 2.05) is 13.0 Å². The molecule has 1 aliphatic rings. The van der Waals surface area contributed by atoms with Gasteiger partial charge in [-0.3, -0.25) is 4.79 Å². The molecule has 1 aliphatic carbocycles. The van der Waals surface area contributed by atoms with Gasteiger partial charge in [-0.05, 0) is 67.6 Å². The highest BCUT2D eigenvalue weighted by Crippen LogP contribution is 2.35. The van der Waals surface area contributed by atoms with Crippen molar-refractivity contribution in [1.29, 1.82) is 0 Å². The van der Waals surface area contributed by atoms with Crippen molar-refractivity contribution in [3.8, 4) is 5.75 Å². The summed E-state index contributed by atoms with van der Waals surface area (Å²) in [5.41, 5.74) is 2.93. The minimum Gasteiger partial charge on any atom is -0.483 e. The van der Waals surface area contributed by atoms with Crippen LogP contribution in [0.15, 0.2) is 39.5 Å². The normalized spacial score (nSPS) is 12.8. The van der Waals surface area contributed by atoms with Crippen molar-refractivity contribution in [3.05, 3.63) is 68.3 Å². The monoisotopic (exact) mass is 401 g/mol. The molecule has 0 radical (unpaired) electrons. The van der Waals surface area contributed by atoms with E-state index in [4.69, 9.17) is 20.8 Å². The number of hydrogen-bond donors (Lipinski definition) is 1. The first-order valence-corrected chi connectivity index (χ1v) is 9.27. The molecule has 144 valence electrons. The number of amides is 1. The van der Waals surface area contributed by atoms with E-state index in [2.05, 4.69) is 5.32 Å². The second-order valence-electron chi connectivity index (χ2n) is 6.80. The Morgan fingerprint density at radius 1 is 1.25 bits per heavy atom. The Balaban J connectivity index is 1.60. The molecule has 0 saturated heterocycles. The molecule has 2 aromatic carbocycles. The molecular weight excluding hydrogens is 385 g/mol. The van der Waals surface area contributed by atoms with Gasteiger partial charge < -0.3 is 14.5 Å². The Morgan fingerprint density at radius 3 is 2.82 bits per heavy atom. The third-order valence-electron chi connectivity index (χ3n) is 4.74. The van der Waals surface area contributed by atoms with Crippen LogP contribution in [0, 0.1) is 12.7 Å². The topological polar surface area (TPSA) is 68.5 Å². The number of ether oxygens (including phenoxy) is 1. The van der Waals surface area contributed by atoms with Gasteiger partial charge in [0.1, 0.15) is 17.1 Å². The summed E-state index contributed by atoms with van der Waals surface area (Å²) in [5.74, 6) is -0.421. The fraction of sp³-hybridized carbons (Fsp3) is 0.238. The molecule has 1 N–H and O–H groups in total. The van der Waals surface area contributed by atoms with Gasteiger partial charge in [0.15, 0.2) is 6.61 Å². The van der Waals surface area contributed by atoms with Crippen LogP contribution in [-0.2, 0) is 17.6 Å². The van der Waals surface area contributed by atoms with E-state index in [-0.39, 0.29) is 17.3 Å². The third-order valence-corrected chi connectivity index (χ3v) is 5.06. The van der Waals surface area contributed by atoms with Crippen molar-refractivity contribution in [2.75, 3.05) is 11.9 Å². The lowest BCUT2D eigenvalue weighted by atomic mass is 10.0. The van der Waals surface area contributed by atoms with Crippen molar-refractivity contribution in [3.63, 3.8) is 0 Å². The van der Waals surface area contributed by atoms with E-state index in [0.717, 1.165) is 35.4 Å². The lowest BCUT2D eigenvalue weighted by Gasteiger charge is -2.13. The number of hydrogen-bond acceptors (Lipinski definition) is 4. The van der Waals surface area contributed by atoms with Crippen molar-refractivity contribution < 1.29 is 18.3 Å². The van der Waals surface area contributed by atoms with Gasteiger partial charge in [0.2, 0.25) is 0 Å². The summed E-state index contributed by atoms with van der Waals surface area (Å²) in [4.78, 5) is 24.4. The van der Waals surface area contributed by atoms with Crippen molar-refractivity contribution >= 4 is 34.2 Å². The fourth-order valence-electron chi connectivity index (χ4n) is 3.54. The number of benzene rings is 2. The quantitative estimate of drug-likeness (QED) is 0.658. The maximum absolute atomic E-state index is 13.1. The van der Waals surface area contributed by atoms with Crippen LogP contribution in [0.25, 0.3) is 11.0 Å². The molecule has 7 heteroatoms. The summed E-state index contributed by atoms with van der Waals surface area (Å²) in [5, 5.41) is 3.44. The number of rotatable bonds is 4. The maximum atomic E-state index is 13.1. The molecule has 1 aromatic heterocycles. The Hall–Kier alpha value is -2.86. The summed E-state index contributed by atoms with van der Waals surface area (Å²) in [6.45, 7) is 1.60. The van der Waals surface area contributed by atoms with Crippen molar-refractivity contribution in [2.45, 2.75) is 26.2 Å². The molecule has 0 spiro atoms. The average Bonchev–Trinajstić information content (AvgIpc) is 3.12. The van der Waals surface area contributed by atoms with E-state index >= 15 is 0 Å². The van der Waals surface area contributed by atoms with Crippen LogP contribution in [0.5, 0.6) is 5.75 Å². The minimum atomic E-state index is -0.485. The molecule has 5 nitrogen and oxygen atoms in total. The molecule has 0 bridgehead atoms. The number of nitrogens with one attached hydrogen (secondary N) is 1. The van der Waals surface area contributed by atoms with Crippen LogP contribution in [0.4, 0.5) is 10.1 Å². The zero-order valence-electron chi connectivity index (χ0n) is 15.1. The van der Waals surface area contributed by atoms with Crippen LogP contribution in [0.2, 0.25) is 5.02 Å². The number of anilines is 1. The molecule has 0 unspecified atom stereocenters. The number of halogens is 2. The van der Waals surface area contributed by atoms with Crippen LogP contribution < -0.4 is 15.7 Å². The standard InChI is InChI=1S/C21H17ClFNO4/c1-11-7-17(20-13-3-2-4-14(13)21(26)28-18(20)8-11)27-10-19(25)24-16-6-5-12(23)9-15(16)22/h5-9H,2-4,10H2,1H3,(H,24,25). The molecule has 1 heterocycles. The van der Waals surface area contributed by atoms with Crippen LogP contribution >= 0.6 is 11.6 Å². The molecule has 0 saturated carbocycles. The summed E-state index contributed by atoms with van der Waals surface area (Å²) >= 11 is 5.93. The molecule has 0 atom stereocenters. The highest BCUT2D eigenvalue weighted by Gasteiger charge is 2.22. The van der Waals surface area contributed by atoms with Gasteiger partial charge in [0.05, 0.1) is 16.1 Å². The van der Waals surface area contributed by atoms with E-state index in [1.165, 1.54) is 12.1 Å². The molecule has 0 fully saturated rings. The van der Waals surface area contributed by atoms with Gasteiger partial charge in [-0.2, -0.15) is 0 Å². The Bertz CT molecular complexity index is 1160. The van der Waals surface area contributed by atoms with Gasteiger partial charge in [-0.1, -0.05) is 11.6 Å². The minimum absolute atomic E-state index is 0.106. The maximum Gasteiger partial charge on any atom is 0.339 e. The van der Waals surface area contributed by atoms with E-state index < -0.39 is 11.7 Å². The Labute approximate surface area is 165 Å². The highest BCUT2D eigenvalue weighted by molar-refractivity contribution is 6.33. The summed E-state index contributed by atoms with van der Waals surface area (Å²) in [6.07, 6.45) is 2.34. The lowest BCUT2D eigenvalue weighted by Crippen LogP contribution is -2.20. The van der Waals surface area contributed by atoms with E-state index in [0.29, 0.717) is 29.0 Å². The van der Waals surface area contributed by atoms with Gasteiger partial charge in [-0.15, -0.1) is 0 Å². The van der Waals surface area contributed by atoms with Crippen LogP contribution in [0.3, 0.4) is 0 Å². The van der Waals surface area contributed by atoms with E-state index in [9.17, 15) is 14.0 Å².